The summed E-state index contributed by atoms with van der Waals surface area (Å²) in [4.78, 5) is 0. The minimum absolute atomic E-state index is 0.300. The standard InChI is InChI=1S/C15H16O2S/c1-18-11-10-17-13-8-6-12(7-9-13)14-4-2-3-5-15(14)16/h2-9,16H,10-11H2,1H3. The molecule has 0 heterocycles. The fourth-order valence-corrected chi connectivity index (χ4v) is 1.94. The van der Waals surface area contributed by atoms with Gasteiger partial charge in [-0.05, 0) is 30.0 Å². The zero-order valence-electron chi connectivity index (χ0n) is 10.3. The van der Waals surface area contributed by atoms with E-state index in [-0.39, 0.29) is 0 Å². The van der Waals surface area contributed by atoms with Gasteiger partial charge in [-0.3, -0.25) is 0 Å². The van der Waals surface area contributed by atoms with Crippen molar-refractivity contribution in [3.63, 3.8) is 0 Å². The normalized spacial score (nSPS) is 10.3. The van der Waals surface area contributed by atoms with Crippen LogP contribution in [0.2, 0.25) is 0 Å². The van der Waals surface area contributed by atoms with Gasteiger partial charge in [-0.1, -0.05) is 30.3 Å². The number of aromatic hydroxyl groups is 1. The highest BCUT2D eigenvalue weighted by Gasteiger charge is 2.03. The van der Waals surface area contributed by atoms with E-state index in [0.29, 0.717) is 5.75 Å². The molecule has 0 amide bonds. The second kappa shape index (κ2) is 6.36. The fourth-order valence-electron chi connectivity index (χ4n) is 1.69. The highest BCUT2D eigenvalue weighted by Crippen LogP contribution is 2.29. The number of ether oxygens (including phenoxy) is 1. The van der Waals surface area contributed by atoms with E-state index in [1.807, 2.05) is 42.5 Å². The molecule has 2 aromatic carbocycles. The summed E-state index contributed by atoms with van der Waals surface area (Å²) in [7, 11) is 0. The summed E-state index contributed by atoms with van der Waals surface area (Å²) in [5.74, 6) is 2.15. The summed E-state index contributed by atoms with van der Waals surface area (Å²) < 4.78 is 5.58. The molecule has 0 spiro atoms. The van der Waals surface area contributed by atoms with Crippen LogP contribution in [-0.2, 0) is 0 Å². The number of phenolic OH excluding ortho intramolecular Hbond substituents is 1. The highest BCUT2D eigenvalue weighted by atomic mass is 32.2. The van der Waals surface area contributed by atoms with Gasteiger partial charge in [0, 0.05) is 11.3 Å². The lowest BCUT2D eigenvalue weighted by atomic mass is 10.0. The van der Waals surface area contributed by atoms with Crippen molar-refractivity contribution in [1.82, 2.24) is 0 Å². The molecule has 0 atom stereocenters. The Kier molecular flexibility index (Phi) is 4.53. The number of thioether (sulfide) groups is 1. The molecule has 3 heteroatoms. The van der Waals surface area contributed by atoms with E-state index >= 15 is 0 Å². The van der Waals surface area contributed by atoms with E-state index < -0.39 is 0 Å². The predicted octanol–water partition coefficient (Wildman–Crippen LogP) is 3.80. The monoisotopic (exact) mass is 260 g/mol. The third-order valence-corrected chi connectivity index (χ3v) is 3.20. The van der Waals surface area contributed by atoms with Gasteiger partial charge < -0.3 is 9.84 Å². The lowest BCUT2D eigenvalue weighted by molar-refractivity contribution is 0.344. The Bertz CT molecular complexity index is 494. The van der Waals surface area contributed by atoms with Gasteiger partial charge in [0.05, 0.1) is 6.61 Å². The Morgan fingerprint density at radius 2 is 1.78 bits per heavy atom. The zero-order chi connectivity index (χ0) is 12.8. The van der Waals surface area contributed by atoms with Crippen LogP contribution in [0.1, 0.15) is 0 Å². The van der Waals surface area contributed by atoms with Crippen LogP contribution in [0, 0.1) is 0 Å². The molecule has 18 heavy (non-hydrogen) atoms. The number of hydrogen-bond donors (Lipinski definition) is 1. The van der Waals surface area contributed by atoms with Crippen LogP contribution >= 0.6 is 11.8 Å². The smallest absolute Gasteiger partial charge is 0.123 e. The summed E-state index contributed by atoms with van der Waals surface area (Å²) in [6, 6.07) is 15.1. The lowest BCUT2D eigenvalue weighted by Crippen LogP contribution is -1.99. The van der Waals surface area contributed by atoms with Crippen molar-refractivity contribution < 1.29 is 9.84 Å². The molecular weight excluding hydrogens is 244 g/mol. The van der Waals surface area contributed by atoms with Gasteiger partial charge in [0.1, 0.15) is 11.5 Å². The highest BCUT2D eigenvalue weighted by molar-refractivity contribution is 7.98. The van der Waals surface area contributed by atoms with E-state index in [4.69, 9.17) is 4.74 Å². The van der Waals surface area contributed by atoms with Crippen LogP contribution in [0.25, 0.3) is 11.1 Å². The predicted molar refractivity (Wildman–Crippen MR) is 77.4 cm³/mol. The van der Waals surface area contributed by atoms with E-state index in [9.17, 15) is 5.11 Å². The molecule has 0 aliphatic heterocycles. The van der Waals surface area contributed by atoms with Gasteiger partial charge >= 0.3 is 0 Å². The lowest BCUT2D eigenvalue weighted by Gasteiger charge is -2.07. The number of phenols is 1. The van der Waals surface area contributed by atoms with Crippen molar-refractivity contribution >= 4 is 11.8 Å². The Morgan fingerprint density at radius 3 is 2.44 bits per heavy atom. The summed E-state index contributed by atoms with van der Waals surface area (Å²) in [5.41, 5.74) is 1.83. The topological polar surface area (TPSA) is 29.5 Å². The van der Waals surface area contributed by atoms with Gasteiger partial charge in [0.25, 0.3) is 0 Å². The van der Waals surface area contributed by atoms with Crippen LogP contribution in [0.3, 0.4) is 0 Å². The third-order valence-electron chi connectivity index (χ3n) is 2.63. The third kappa shape index (κ3) is 3.20. The fraction of sp³-hybridized carbons (Fsp3) is 0.200. The molecule has 0 fully saturated rings. The van der Waals surface area contributed by atoms with Gasteiger partial charge in [-0.25, -0.2) is 0 Å². The van der Waals surface area contributed by atoms with Gasteiger partial charge in [0.2, 0.25) is 0 Å². The molecular formula is C15H16O2S. The molecule has 94 valence electrons. The Hall–Kier alpha value is -1.61. The van der Waals surface area contributed by atoms with Crippen molar-refractivity contribution in [3.05, 3.63) is 48.5 Å². The average Bonchev–Trinajstić information content (AvgIpc) is 2.41. The molecule has 2 aromatic rings. The first-order chi connectivity index (χ1) is 8.81. The van der Waals surface area contributed by atoms with Crippen LogP contribution in [0.15, 0.2) is 48.5 Å². The minimum Gasteiger partial charge on any atom is -0.507 e. The Morgan fingerprint density at radius 1 is 1.06 bits per heavy atom. The SMILES string of the molecule is CSCCOc1ccc(-c2ccccc2O)cc1. The largest absolute Gasteiger partial charge is 0.507 e. The van der Waals surface area contributed by atoms with E-state index in [0.717, 1.165) is 29.2 Å². The molecule has 1 N–H and O–H groups in total. The summed E-state index contributed by atoms with van der Waals surface area (Å²) in [6.45, 7) is 0.719. The molecule has 0 unspecified atom stereocenters. The molecule has 0 saturated heterocycles. The molecule has 0 radical (unpaired) electrons. The first kappa shape index (κ1) is 12.8. The average molecular weight is 260 g/mol. The summed E-state index contributed by atoms with van der Waals surface area (Å²) in [6.07, 6.45) is 2.06. The molecule has 0 saturated carbocycles. The number of hydrogen-bond acceptors (Lipinski definition) is 3. The first-order valence-electron chi connectivity index (χ1n) is 5.81. The number of para-hydroxylation sites is 1. The summed E-state index contributed by atoms with van der Waals surface area (Å²) in [5, 5.41) is 9.77. The minimum atomic E-state index is 0.300. The molecule has 0 aliphatic carbocycles. The molecule has 2 nitrogen and oxygen atoms in total. The molecule has 2 rings (SSSR count). The van der Waals surface area contributed by atoms with E-state index in [1.165, 1.54) is 0 Å². The van der Waals surface area contributed by atoms with Crippen molar-refractivity contribution in [1.29, 1.82) is 0 Å². The van der Waals surface area contributed by atoms with Crippen LogP contribution < -0.4 is 4.74 Å². The summed E-state index contributed by atoms with van der Waals surface area (Å²) >= 11 is 1.76. The molecule has 0 aliphatic rings. The van der Waals surface area contributed by atoms with Crippen molar-refractivity contribution in [2.45, 2.75) is 0 Å². The van der Waals surface area contributed by atoms with Gasteiger partial charge in [-0.15, -0.1) is 0 Å². The second-order valence-corrected chi connectivity index (χ2v) is 4.87. The Balaban J connectivity index is 2.10. The molecule has 0 bridgehead atoms. The van der Waals surface area contributed by atoms with Crippen LogP contribution in [-0.4, -0.2) is 23.7 Å². The van der Waals surface area contributed by atoms with Crippen molar-refractivity contribution in [2.75, 3.05) is 18.6 Å². The molecule has 0 aromatic heterocycles. The van der Waals surface area contributed by atoms with Crippen molar-refractivity contribution in [2.24, 2.45) is 0 Å². The van der Waals surface area contributed by atoms with E-state index in [2.05, 4.69) is 6.26 Å². The van der Waals surface area contributed by atoms with Crippen molar-refractivity contribution in [3.8, 4) is 22.6 Å². The number of benzene rings is 2. The maximum atomic E-state index is 9.77. The maximum Gasteiger partial charge on any atom is 0.123 e. The zero-order valence-corrected chi connectivity index (χ0v) is 11.1. The maximum absolute atomic E-state index is 9.77. The van der Waals surface area contributed by atoms with Crippen LogP contribution in [0.5, 0.6) is 11.5 Å². The van der Waals surface area contributed by atoms with Crippen LogP contribution in [0.4, 0.5) is 0 Å². The van der Waals surface area contributed by atoms with Gasteiger partial charge in [-0.2, -0.15) is 11.8 Å². The van der Waals surface area contributed by atoms with E-state index in [1.54, 1.807) is 17.8 Å². The first-order valence-corrected chi connectivity index (χ1v) is 7.21. The quantitative estimate of drug-likeness (QED) is 0.829. The van der Waals surface area contributed by atoms with Gasteiger partial charge in [0.15, 0.2) is 0 Å². The second-order valence-electron chi connectivity index (χ2n) is 3.88. The Labute approximate surface area is 112 Å². The number of rotatable bonds is 5.